The molecule has 15 heterocycles. The monoisotopic (exact) mass is 1840 g/mol. The molecule has 13 N–H and O–H groups in total. The largest absolute Gasteiger partial charge is 0.462 e. The van der Waals surface area contributed by atoms with Crippen molar-refractivity contribution < 1.29 is 209 Å². The number of esters is 7. The van der Waals surface area contributed by atoms with Crippen molar-refractivity contribution in [3.05, 3.63) is 35.9 Å². The maximum atomic E-state index is 13.9. The highest BCUT2D eigenvalue weighted by atomic mass is 16.8. The summed E-state index contributed by atoms with van der Waals surface area (Å²) in [5, 5.41) is 163. The zero-order valence-electron chi connectivity index (χ0n) is 76.2. The van der Waals surface area contributed by atoms with Crippen LogP contribution in [0.3, 0.4) is 0 Å². The van der Waals surface area contributed by atoms with Crippen LogP contribution >= 0.6 is 0 Å². The molecule has 15 fully saturated rings. The van der Waals surface area contributed by atoms with Gasteiger partial charge in [0.15, 0.2) is 50.3 Å². The first-order chi connectivity index (χ1) is 59.1. The average molecular weight is 1840 g/mol. The van der Waals surface area contributed by atoms with Crippen LogP contribution in [0.2, 0.25) is 0 Å². The third-order valence-electron chi connectivity index (χ3n) is 22.0. The summed E-state index contributed by atoms with van der Waals surface area (Å²) in [5.74, 6) is -6.24. The van der Waals surface area contributed by atoms with Crippen molar-refractivity contribution in [2.45, 2.75) is 367 Å². The van der Waals surface area contributed by atoms with E-state index in [0.29, 0.717) is 0 Å². The van der Waals surface area contributed by atoms with Gasteiger partial charge in [0, 0.05) is 12.7 Å². The van der Waals surface area contributed by atoms with E-state index in [1.807, 2.05) is 0 Å². The highest BCUT2D eigenvalue weighted by Gasteiger charge is 2.62. The van der Waals surface area contributed by atoms with Crippen LogP contribution in [0.5, 0.6) is 0 Å². The highest BCUT2D eigenvalue weighted by Crippen LogP contribution is 2.43. The van der Waals surface area contributed by atoms with E-state index in [1.165, 1.54) is 153 Å². The van der Waals surface area contributed by atoms with Crippen molar-refractivity contribution in [3.8, 4) is 0 Å². The van der Waals surface area contributed by atoms with Gasteiger partial charge in [-0.05, 0) is 145 Å². The maximum absolute atomic E-state index is 13.9. The Morgan fingerprint density at radius 3 is 0.586 bits per heavy atom. The molecule has 2 unspecified atom stereocenters. The number of aliphatic hydroxyl groups is 13. The molecule has 36 atom stereocenters. The quantitative estimate of drug-likeness (QED) is 0.0443. The minimum Gasteiger partial charge on any atom is -0.462 e. The van der Waals surface area contributed by atoms with E-state index in [0.717, 1.165) is 0 Å². The van der Waals surface area contributed by atoms with Gasteiger partial charge in [0.2, 0.25) is 0 Å². The topological polar surface area (TPSA) is 595 Å². The van der Waals surface area contributed by atoms with Gasteiger partial charge in [0.25, 0.3) is 0 Å². The maximum Gasteiger partial charge on any atom is 0.311 e. The number of hydrogen-bond acceptors (Lipinski definition) is 43. The number of carbonyl (C=O) groups is 7. The van der Waals surface area contributed by atoms with Crippen LogP contribution < -0.4 is 0 Å². The number of hydrogen-bond donors (Lipinski definition) is 13. The predicted octanol–water partition coefficient (Wildman–Crippen LogP) is -1.68. The molecule has 1 aromatic carbocycles. The molecule has 0 spiro atoms. The molecule has 0 saturated carbocycles. The molecule has 15 aliphatic heterocycles. The fourth-order valence-electron chi connectivity index (χ4n) is 14.1. The van der Waals surface area contributed by atoms with Crippen LogP contribution in [-0.4, -0.2) is 376 Å². The summed E-state index contributed by atoms with van der Waals surface area (Å²) in [7, 11) is 1.21. The summed E-state index contributed by atoms with van der Waals surface area (Å²) in [6, 6.07) is 7.98. The summed E-state index contributed by atoms with van der Waals surface area (Å²) in [6.07, 6.45) is -78.1. The van der Waals surface area contributed by atoms with Crippen molar-refractivity contribution >= 4 is 41.8 Å². The molecule has 16 rings (SSSR count). The number of ether oxygens (including phenoxy) is 23. The third kappa shape index (κ3) is 25.9. The number of benzene rings is 1. The zero-order chi connectivity index (χ0) is 95.7. The van der Waals surface area contributed by atoms with Crippen molar-refractivity contribution in [2.75, 3.05) is 53.4 Å². The van der Waals surface area contributed by atoms with Crippen molar-refractivity contribution in [1.82, 2.24) is 0 Å². The number of rotatable bonds is 18. The van der Waals surface area contributed by atoms with Crippen LogP contribution in [0.4, 0.5) is 0 Å². The smallest absolute Gasteiger partial charge is 0.311 e. The van der Waals surface area contributed by atoms with E-state index in [2.05, 4.69) is 0 Å². The van der Waals surface area contributed by atoms with Gasteiger partial charge < -0.3 is 175 Å². The minimum absolute atomic E-state index is 0.274. The molecule has 15 aliphatic rings. The van der Waals surface area contributed by atoms with E-state index in [4.69, 9.17) is 109 Å². The van der Waals surface area contributed by atoms with Gasteiger partial charge in [-0.15, -0.1) is 0 Å². The first-order valence-electron chi connectivity index (χ1n) is 42.6. The minimum atomic E-state index is -2.41. The number of methoxy groups -OCH3 is 1. The zero-order valence-corrected chi connectivity index (χ0v) is 76.2. The number of carbonyl (C=O) groups excluding carboxylic acids is 7. The highest BCUT2D eigenvalue weighted by molar-refractivity contribution is 5.78. The predicted molar refractivity (Wildman–Crippen MR) is 427 cm³/mol. The molecule has 0 radical (unpaired) electrons. The molecule has 0 aromatic heterocycles. The molecular weight excluding hydrogens is 1710 g/mol. The Morgan fingerprint density at radius 2 is 0.414 bits per heavy atom. The van der Waals surface area contributed by atoms with Crippen LogP contribution in [0, 0.1) is 37.9 Å². The Hall–Kier alpha value is -5.65. The lowest BCUT2D eigenvalue weighted by Gasteiger charge is -2.51. The Labute approximate surface area is 741 Å². The van der Waals surface area contributed by atoms with E-state index in [-0.39, 0.29) is 5.56 Å². The summed E-state index contributed by atoms with van der Waals surface area (Å²) in [6.45, 7) is 24.8. The van der Waals surface area contributed by atoms with Gasteiger partial charge in [-0.2, -0.15) is 0 Å². The molecule has 0 amide bonds. The molecule has 43 nitrogen and oxygen atoms in total. The lowest BCUT2D eigenvalue weighted by molar-refractivity contribution is -0.403. The molecule has 14 bridgehead atoms. The lowest BCUT2D eigenvalue weighted by atomic mass is 9.94. The van der Waals surface area contributed by atoms with E-state index >= 15 is 0 Å². The van der Waals surface area contributed by atoms with Gasteiger partial charge in [0.1, 0.15) is 217 Å². The van der Waals surface area contributed by atoms with Crippen LogP contribution in [0.1, 0.15) is 157 Å². The molecular formula is C85H134O43. The second kappa shape index (κ2) is 42.5. The Balaban J connectivity index is 1.22. The summed E-state index contributed by atoms with van der Waals surface area (Å²) in [4.78, 5) is 96.3. The van der Waals surface area contributed by atoms with Crippen LogP contribution in [0.25, 0.3) is 0 Å². The van der Waals surface area contributed by atoms with Gasteiger partial charge in [-0.3, -0.25) is 33.6 Å². The van der Waals surface area contributed by atoms with Gasteiger partial charge in [-0.1, -0.05) is 30.3 Å². The summed E-state index contributed by atoms with van der Waals surface area (Å²) < 4.78 is 142. The van der Waals surface area contributed by atoms with Crippen LogP contribution in [-0.2, 0) is 143 Å². The second-order valence-corrected chi connectivity index (χ2v) is 40.4. The molecule has 128 heavy (non-hydrogen) atoms. The first kappa shape index (κ1) is 106. The Morgan fingerprint density at radius 1 is 0.250 bits per heavy atom. The lowest BCUT2D eigenvalue weighted by Crippen LogP contribution is -2.69. The van der Waals surface area contributed by atoms with E-state index < -0.39 is 347 Å². The summed E-state index contributed by atoms with van der Waals surface area (Å²) in [5.41, 5.74) is -8.54. The number of aliphatic hydroxyl groups excluding tert-OH is 13. The molecule has 15 saturated heterocycles. The third-order valence-corrected chi connectivity index (χ3v) is 22.0. The molecule has 0 aliphatic carbocycles. The Bertz CT molecular complexity index is 3770. The first-order valence-corrected chi connectivity index (χ1v) is 42.6. The van der Waals surface area contributed by atoms with Crippen molar-refractivity contribution in [1.29, 1.82) is 0 Å². The second-order valence-electron chi connectivity index (χ2n) is 40.4. The SMILES string of the molecule is COC(O[C@H]1[C@H]2O[C@H]3[C@H](O)C(O)[C@@H](O[C@H]4[C@H](O)[C@@H](O)[C@@H](O[C@H]5[C@H](O)[C@@H](O)[C@@H](O[C@H]6[C@H](O)[C@@H](O)[C@@H](O[C@H]7[C@H](O)[C@@H](O)[C@@H](O[C@H]8[C@H](O)[C@@H](O)[C@@H](O[C@@H]([C@@H]1O)[C@@H](COC(=O)C(C)(C)C)O2)O[C@@H]8COC(=O)C(C)(C)C)O[C@@H]7COC(=O)C(C)(C)C)O[C@@H]6COC(=O)C(C)(C)C)O[C@@H]5COC(=O)C(C)(C)C)O[C@@H]4COC(=O)C(C)(C)C)O[C@@H]3COC(=O)C(C)(C)C)c1ccccc1. The normalized spacial score (nSPS) is 38.9. The van der Waals surface area contributed by atoms with Crippen LogP contribution in [0.15, 0.2) is 30.3 Å². The standard InChI is InChI=1S/C85H134O43/c1-79(2,3)72(99)107-28-36-56-43(86)49(92)66(114-36)122-58-38(30-109-74(101)81(7,8)9)116-68(51(94)45(58)88)124-60-40(32-111-76(103)83(13,14)15)118-70(53(96)47(60)90)126-62-42(34-113-78(105)85(19,20)21)120-71(63(55(62)98)128-64(106-22)35-26-24-23-25-27-35)127-61-41(33-112-77(104)84(16,17)18)119-69(54(97)48(61)91)125-59-39(31-110-75(102)82(10,11)12)117-67(52(95)46(59)89)123-57-37(29-108-73(100)80(4,5)6)115-65(121-56)50(93)44(57)87/h23-27,36-71,86-98H,28-34H2,1-22H3/t36-,37-,38-,39-,40-,41-,42-,43-,44-,45-,46-,47-,48-,49-,50-,51-,52-,53-,54?,55+,56-,57-,58-,59-,60-,61-,62-,63-,64?,65-,66-,67-,68-,69-,70-,71-/m1/s1. The Kier molecular flexibility index (Phi) is 35.2. The van der Waals surface area contributed by atoms with Crippen molar-refractivity contribution in [3.63, 3.8) is 0 Å². The average Bonchev–Trinajstić information content (AvgIpc) is 0.775. The fraction of sp³-hybridized carbons (Fsp3) is 0.847. The fourth-order valence-corrected chi connectivity index (χ4v) is 14.1. The van der Waals surface area contributed by atoms with E-state index in [9.17, 15) is 99.9 Å². The molecule has 43 heteroatoms. The summed E-state index contributed by atoms with van der Waals surface area (Å²) >= 11 is 0. The van der Waals surface area contributed by atoms with E-state index in [1.54, 1.807) is 30.3 Å². The van der Waals surface area contributed by atoms with Gasteiger partial charge in [-0.25, -0.2) is 0 Å². The van der Waals surface area contributed by atoms with Crippen molar-refractivity contribution in [2.24, 2.45) is 37.9 Å². The molecule has 1 aromatic rings. The van der Waals surface area contributed by atoms with Gasteiger partial charge in [0.05, 0.1) is 37.9 Å². The van der Waals surface area contributed by atoms with Gasteiger partial charge >= 0.3 is 41.8 Å². The number of fused-ring (bicyclic) bond motifs is 7. The molecule has 732 valence electrons.